The number of carbonyl (C=O) groups is 1. The van der Waals surface area contributed by atoms with E-state index < -0.39 is 33.9 Å². The summed E-state index contributed by atoms with van der Waals surface area (Å²) in [5.74, 6) is -2.63. The number of halogens is 6. The molecule has 1 aromatic carbocycles. The molecule has 3 rings (SSSR count). The highest BCUT2D eigenvalue weighted by Gasteiger charge is 2.49. The van der Waals surface area contributed by atoms with Crippen LogP contribution in [0.1, 0.15) is 24.5 Å². The second-order valence-corrected chi connectivity index (χ2v) is 9.88. The Morgan fingerprint density at radius 2 is 1.58 bits per heavy atom. The van der Waals surface area contributed by atoms with Gasteiger partial charge >= 0.3 is 18.3 Å². The minimum absolute atomic E-state index is 0.0220. The molecule has 0 radical (unpaired) electrons. The van der Waals surface area contributed by atoms with E-state index >= 15 is 0 Å². The Balaban J connectivity index is 0.000000423. The second kappa shape index (κ2) is 8.94. The number of aliphatic carboxylic acids is 1. The molecule has 1 aromatic rings. The minimum atomic E-state index is -5.08. The molecular weight excluding hydrogens is 454 g/mol. The van der Waals surface area contributed by atoms with Crippen molar-refractivity contribution in [3.63, 3.8) is 0 Å². The summed E-state index contributed by atoms with van der Waals surface area (Å²) in [4.78, 5) is 11.1. The van der Waals surface area contributed by atoms with Crippen molar-refractivity contribution in [1.29, 1.82) is 0 Å². The van der Waals surface area contributed by atoms with Crippen LogP contribution in [-0.4, -0.2) is 66.8 Å². The largest absolute Gasteiger partial charge is 0.490 e. The van der Waals surface area contributed by atoms with Crippen molar-refractivity contribution in [2.75, 3.05) is 31.9 Å². The Morgan fingerprint density at radius 3 is 2.00 bits per heavy atom. The summed E-state index contributed by atoms with van der Waals surface area (Å²) in [6.45, 7) is 4.98. The normalized spacial score (nSPS) is 19.6. The van der Waals surface area contributed by atoms with Gasteiger partial charge in [-0.05, 0) is 31.0 Å². The third-order valence-electron chi connectivity index (χ3n) is 5.21. The van der Waals surface area contributed by atoms with Gasteiger partial charge in [-0.15, -0.1) is 0 Å². The van der Waals surface area contributed by atoms with Crippen molar-refractivity contribution in [3.05, 3.63) is 35.4 Å². The first-order chi connectivity index (χ1) is 14.1. The summed E-state index contributed by atoms with van der Waals surface area (Å²) in [5, 5.41) is 7.12. The van der Waals surface area contributed by atoms with E-state index in [0.29, 0.717) is 19.6 Å². The van der Waals surface area contributed by atoms with Gasteiger partial charge in [-0.25, -0.2) is 17.5 Å². The Hall–Kier alpha value is -1.86. The third-order valence-corrected chi connectivity index (χ3v) is 7.04. The van der Waals surface area contributed by atoms with E-state index in [1.807, 2.05) is 0 Å². The van der Waals surface area contributed by atoms with Crippen molar-refractivity contribution in [2.45, 2.75) is 32.2 Å². The van der Waals surface area contributed by atoms with E-state index in [0.717, 1.165) is 37.2 Å². The average Bonchev–Trinajstić information content (AvgIpc) is 3.07. The lowest BCUT2D eigenvalue weighted by Crippen LogP contribution is -2.57. The van der Waals surface area contributed by atoms with Crippen LogP contribution in [0.15, 0.2) is 24.3 Å². The molecule has 13 heteroatoms. The van der Waals surface area contributed by atoms with Gasteiger partial charge in [0.2, 0.25) is 10.0 Å². The number of alkyl halides is 6. The molecule has 6 nitrogen and oxygen atoms in total. The SMILES string of the molecule is CCS(=O)(=O)N1CCC2(CN(Cc3ccc(C(F)(F)F)cc3)C2)C1.O=C(O)C(F)(F)F. The van der Waals surface area contributed by atoms with Gasteiger partial charge in [0.1, 0.15) is 0 Å². The number of nitrogens with zero attached hydrogens (tertiary/aromatic N) is 2. The van der Waals surface area contributed by atoms with E-state index in [2.05, 4.69) is 4.90 Å². The van der Waals surface area contributed by atoms with Gasteiger partial charge in [-0.1, -0.05) is 12.1 Å². The highest BCUT2D eigenvalue weighted by molar-refractivity contribution is 7.89. The molecule has 1 N–H and O–H groups in total. The molecule has 0 aliphatic carbocycles. The van der Waals surface area contributed by atoms with Gasteiger partial charge < -0.3 is 5.11 Å². The molecule has 1 spiro atoms. The van der Waals surface area contributed by atoms with Crippen LogP contribution in [0.4, 0.5) is 26.3 Å². The predicted octanol–water partition coefficient (Wildman–Crippen LogP) is 3.20. The fourth-order valence-electron chi connectivity index (χ4n) is 3.64. The number of sulfonamides is 1. The maximum Gasteiger partial charge on any atom is 0.490 e. The fourth-order valence-corrected chi connectivity index (χ4v) is 4.85. The topological polar surface area (TPSA) is 77.9 Å². The third kappa shape index (κ3) is 6.56. The molecule has 2 aliphatic rings. The van der Waals surface area contributed by atoms with E-state index in [4.69, 9.17) is 9.90 Å². The van der Waals surface area contributed by atoms with Crippen molar-refractivity contribution in [2.24, 2.45) is 5.41 Å². The van der Waals surface area contributed by atoms with Gasteiger partial charge in [-0.3, -0.25) is 4.90 Å². The van der Waals surface area contributed by atoms with Gasteiger partial charge in [0.25, 0.3) is 0 Å². The second-order valence-electron chi connectivity index (χ2n) is 7.63. The summed E-state index contributed by atoms with van der Waals surface area (Å²) in [7, 11) is -3.13. The zero-order valence-electron chi connectivity index (χ0n) is 16.5. The number of likely N-dealkylation sites (tertiary alicyclic amines) is 1. The molecule has 2 aliphatic heterocycles. The van der Waals surface area contributed by atoms with Crippen molar-refractivity contribution < 1.29 is 44.7 Å². The van der Waals surface area contributed by atoms with Crippen LogP contribution in [0.5, 0.6) is 0 Å². The van der Waals surface area contributed by atoms with Crippen LogP contribution in [0.2, 0.25) is 0 Å². The molecule has 31 heavy (non-hydrogen) atoms. The Morgan fingerprint density at radius 1 is 1.06 bits per heavy atom. The number of hydrogen-bond donors (Lipinski definition) is 1. The number of hydrogen-bond acceptors (Lipinski definition) is 4. The lowest BCUT2D eigenvalue weighted by atomic mass is 9.79. The minimum Gasteiger partial charge on any atom is -0.475 e. The standard InChI is InChI=1S/C16H21F3N2O2S.C2HF3O2/c1-2-24(22,23)21-8-7-15(12-21)10-20(11-15)9-13-3-5-14(6-4-13)16(17,18)19;3-2(4,5)1(6)7/h3-6H,2,7-12H2,1H3;(H,6,7). The van der Waals surface area contributed by atoms with Gasteiger partial charge in [0.15, 0.2) is 0 Å². The zero-order valence-corrected chi connectivity index (χ0v) is 17.3. The predicted molar refractivity (Wildman–Crippen MR) is 98.5 cm³/mol. The van der Waals surface area contributed by atoms with Crippen LogP contribution >= 0.6 is 0 Å². The molecule has 2 fully saturated rings. The first-order valence-electron chi connectivity index (χ1n) is 9.24. The molecule has 0 saturated carbocycles. The number of benzene rings is 1. The van der Waals surface area contributed by atoms with Gasteiger partial charge in [-0.2, -0.15) is 26.3 Å². The summed E-state index contributed by atoms with van der Waals surface area (Å²) in [6.07, 6.45) is -8.53. The molecular formula is C18H22F6N2O4S. The Bertz CT molecular complexity index is 878. The van der Waals surface area contributed by atoms with Crippen molar-refractivity contribution in [3.8, 4) is 0 Å². The first kappa shape index (κ1) is 25.4. The molecule has 0 aromatic heterocycles. The molecule has 0 bridgehead atoms. The van der Waals surface area contributed by atoms with E-state index in [-0.39, 0.29) is 11.2 Å². The van der Waals surface area contributed by atoms with Crippen LogP contribution in [0.3, 0.4) is 0 Å². The molecule has 0 atom stereocenters. The summed E-state index contributed by atoms with van der Waals surface area (Å²) in [5.41, 5.74) is 0.227. The quantitative estimate of drug-likeness (QED) is 0.676. The van der Waals surface area contributed by atoms with Crippen LogP contribution in [0, 0.1) is 5.41 Å². The lowest BCUT2D eigenvalue weighted by molar-refractivity contribution is -0.192. The summed E-state index contributed by atoms with van der Waals surface area (Å²) >= 11 is 0. The molecule has 2 saturated heterocycles. The van der Waals surface area contributed by atoms with Gasteiger partial charge in [0, 0.05) is 38.1 Å². The lowest BCUT2D eigenvalue weighted by Gasteiger charge is -2.48. The van der Waals surface area contributed by atoms with E-state index in [9.17, 15) is 34.8 Å². The molecule has 0 amide bonds. The van der Waals surface area contributed by atoms with E-state index in [1.165, 1.54) is 12.1 Å². The number of carboxylic acids is 1. The van der Waals surface area contributed by atoms with Crippen molar-refractivity contribution >= 4 is 16.0 Å². The Labute approximate surface area is 175 Å². The van der Waals surface area contributed by atoms with E-state index in [1.54, 1.807) is 11.2 Å². The molecule has 176 valence electrons. The van der Waals surface area contributed by atoms with Gasteiger partial charge in [0.05, 0.1) is 11.3 Å². The fraction of sp³-hybridized carbons (Fsp3) is 0.611. The smallest absolute Gasteiger partial charge is 0.475 e. The average molecular weight is 476 g/mol. The van der Waals surface area contributed by atoms with Crippen LogP contribution in [-0.2, 0) is 27.5 Å². The number of rotatable bonds is 4. The number of carboxylic acid groups (broad SMARTS) is 1. The maximum atomic E-state index is 12.6. The van der Waals surface area contributed by atoms with Crippen LogP contribution < -0.4 is 0 Å². The summed E-state index contributed by atoms with van der Waals surface area (Å²) < 4.78 is 94.9. The zero-order chi connectivity index (χ0) is 23.7. The van der Waals surface area contributed by atoms with Crippen LogP contribution in [0.25, 0.3) is 0 Å². The maximum absolute atomic E-state index is 12.6. The summed E-state index contributed by atoms with van der Waals surface area (Å²) in [6, 6.07) is 5.23. The molecule has 2 heterocycles. The van der Waals surface area contributed by atoms with Crippen molar-refractivity contribution in [1.82, 2.24) is 9.21 Å². The highest BCUT2D eigenvalue weighted by atomic mass is 32.2. The monoisotopic (exact) mass is 476 g/mol. The molecule has 0 unspecified atom stereocenters. The Kier molecular flexibility index (Phi) is 7.33. The first-order valence-corrected chi connectivity index (χ1v) is 10.9. The highest BCUT2D eigenvalue weighted by Crippen LogP contribution is 2.41.